The Balaban J connectivity index is 0.000000286. The number of hydrogen-bond acceptors (Lipinski definition) is 8. The number of pyridine rings is 1. The fourth-order valence-electron chi connectivity index (χ4n) is 3.59. The topological polar surface area (TPSA) is 135 Å². The van der Waals surface area contributed by atoms with Gasteiger partial charge in [-0.2, -0.15) is 26.3 Å². The second-order valence-electron chi connectivity index (χ2n) is 7.81. The van der Waals surface area contributed by atoms with Gasteiger partial charge in [0.2, 0.25) is 5.88 Å². The number of ether oxygens (including phenoxy) is 2. The molecule has 2 fully saturated rings. The second kappa shape index (κ2) is 12.7. The number of nitrogens with zero attached hydrogens (tertiary/aromatic N) is 3. The maximum atomic E-state index is 10.6. The van der Waals surface area contributed by atoms with Crippen LogP contribution in [0.4, 0.5) is 26.3 Å². The summed E-state index contributed by atoms with van der Waals surface area (Å²) in [6, 6.07) is 8.10. The number of aromatic nitrogens is 2. The third kappa shape index (κ3) is 9.53. The van der Waals surface area contributed by atoms with Crippen molar-refractivity contribution in [3.05, 3.63) is 41.9 Å². The number of rotatable bonds is 4. The van der Waals surface area contributed by atoms with Crippen LogP contribution >= 0.6 is 0 Å². The highest BCUT2D eigenvalue weighted by atomic mass is 19.4. The van der Waals surface area contributed by atoms with E-state index in [2.05, 4.69) is 15.0 Å². The molecule has 206 valence electrons. The Labute approximate surface area is 205 Å². The lowest BCUT2D eigenvalue weighted by Crippen LogP contribution is -2.51. The van der Waals surface area contributed by atoms with Gasteiger partial charge in [0.25, 0.3) is 0 Å². The summed E-state index contributed by atoms with van der Waals surface area (Å²) in [5.41, 5.74) is 0.984. The third-order valence-corrected chi connectivity index (χ3v) is 5.09. The van der Waals surface area contributed by atoms with E-state index >= 15 is 0 Å². The fourth-order valence-corrected chi connectivity index (χ4v) is 3.59. The van der Waals surface area contributed by atoms with Crippen LogP contribution in [0.15, 0.2) is 35.0 Å². The van der Waals surface area contributed by atoms with Gasteiger partial charge in [0.15, 0.2) is 0 Å². The molecule has 2 N–H and O–H groups in total. The average Bonchev–Trinajstić information content (AvgIpc) is 3.40. The smallest absolute Gasteiger partial charge is 0.475 e. The predicted molar refractivity (Wildman–Crippen MR) is 110 cm³/mol. The minimum absolute atomic E-state index is 0.0664. The molecule has 0 amide bonds. The molecule has 2 aromatic heterocycles. The van der Waals surface area contributed by atoms with Crippen LogP contribution in [0.3, 0.4) is 0 Å². The van der Waals surface area contributed by atoms with Gasteiger partial charge in [-0.1, -0.05) is 11.2 Å². The standard InChI is InChI=1S/C17H21N3O3.2C2HF3O2/c1-12-10-13(19-23-12)11-20-8-9-21-17-14(20)5-6-15(17)22-16-4-2-3-7-18-16;2*3-2(4,5)1(6)7/h2-4,7,10,14-15,17H,5-6,8-9,11H2,1H3;2*(H,6,7)/t14-,15-,17+;;/m0../s1. The maximum Gasteiger partial charge on any atom is 0.490 e. The largest absolute Gasteiger partial charge is 0.490 e. The van der Waals surface area contributed by atoms with E-state index in [1.165, 1.54) is 0 Å². The van der Waals surface area contributed by atoms with E-state index < -0.39 is 24.3 Å². The molecule has 1 saturated heterocycles. The van der Waals surface area contributed by atoms with Crippen LogP contribution < -0.4 is 4.74 Å². The molecule has 0 aromatic carbocycles. The van der Waals surface area contributed by atoms with E-state index in [0.29, 0.717) is 11.9 Å². The first-order valence-electron chi connectivity index (χ1n) is 10.6. The fraction of sp³-hybridized carbons (Fsp3) is 0.524. The first-order valence-corrected chi connectivity index (χ1v) is 10.6. The Morgan fingerprint density at radius 3 is 2.22 bits per heavy atom. The van der Waals surface area contributed by atoms with E-state index in [1.54, 1.807) is 6.20 Å². The van der Waals surface area contributed by atoms with E-state index in [1.807, 2.05) is 31.2 Å². The minimum Gasteiger partial charge on any atom is -0.475 e. The molecule has 0 unspecified atom stereocenters. The normalized spacial score (nSPS) is 21.5. The zero-order valence-corrected chi connectivity index (χ0v) is 19.2. The van der Waals surface area contributed by atoms with Gasteiger partial charge in [-0.15, -0.1) is 0 Å². The summed E-state index contributed by atoms with van der Waals surface area (Å²) in [5.74, 6) is -3.99. The molecule has 2 aromatic rings. The SMILES string of the molecule is Cc1cc(CN2CCO[C@H]3[C@@H](Oc4ccccn4)CC[C@@H]32)no1.O=C(O)C(F)(F)F.O=C(O)C(F)(F)F. The first-order chi connectivity index (χ1) is 17.2. The lowest BCUT2D eigenvalue weighted by Gasteiger charge is -2.38. The summed E-state index contributed by atoms with van der Waals surface area (Å²) in [6.45, 7) is 4.37. The molecule has 1 saturated carbocycles. The molecular formula is C21H23F6N3O7. The Hall–Kier alpha value is -3.40. The molecule has 2 aliphatic rings. The predicted octanol–water partition coefficient (Wildman–Crippen LogP) is 3.46. The molecule has 1 aliphatic carbocycles. The highest BCUT2D eigenvalue weighted by Crippen LogP contribution is 2.33. The number of alkyl halides is 6. The van der Waals surface area contributed by atoms with Gasteiger partial charge < -0.3 is 24.2 Å². The summed E-state index contributed by atoms with van der Waals surface area (Å²) in [5, 5.41) is 18.4. The Morgan fingerprint density at radius 2 is 1.73 bits per heavy atom. The Morgan fingerprint density at radius 1 is 1.11 bits per heavy atom. The molecule has 0 radical (unpaired) electrons. The molecule has 3 atom stereocenters. The first kappa shape index (κ1) is 29.8. The second-order valence-corrected chi connectivity index (χ2v) is 7.81. The van der Waals surface area contributed by atoms with E-state index in [4.69, 9.17) is 33.8 Å². The summed E-state index contributed by atoms with van der Waals surface area (Å²) < 4.78 is 80.7. The number of fused-ring (bicyclic) bond motifs is 1. The highest BCUT2D eigenvalue weighted by molar-refractivity contribution is 5.73. The zero-order chi connectivity index (χ0) is 27.8. The van der Waals surface area contributed by atoms with Gasteiger partial charge in [-0.3, -0.25) is 4.90 Å². The summed E-state index contributed by atoms with van der Waals surface area (Å²) >= 11 is 0. The Kier molecular flexibility index (Phi) is 10.2. The van der Waals surface area contributed by atoms with Crippen LogP contribution in [0.5, 0.6) is 5.88 Å². The van der Waals surface area contributed by atoms with Gasteiger partial charge in [-0.25, -0.2) is 14.6 Å². The maximum absolute atomic E-state index is 10.6. The number of carbonyl (C=O) groups is 2. The van der Waals surface area contributed by atoms with Crippen molar-refractivity contribution >= 4 is 11.9 Å². The van der Waals surface area contributed by atoms with Gasteiger partial charge in [0.05, 0.1) is 12.3 Å². The summed E-state index contributed by atoms with van der Waals surface area (Å²) in [7, 11) is 0. The van der Waals surface area contributed by atoms with E-state index in [0.717, 1.165) is 44.0 Å². The molecule has 0 bridgehead atoms. The molecule has 3 heterocycles. The van der Waals surface area contributed by atoms with Crippen molar-refractivity contribution in [1.82, 2.24) is 15.0 Å². The van der Waals surface area contributed by atoms with Crippen LogP contribution in [0.25, 0.3) is 0 Å². The summed E-state index contributed by atoms with van der Waals surface area (Å²) in [4.78, 5) is 24.5. The number of aliphatic carboxylic acids is 2. The molecular weight excluding hydrogens is 520 g/mol. The monoisotopic (exact) mass is 543 g/mol. The van der Waals surface area contributed by atoms with Crippen molar-refractivity contribution in [2.75, 3.05) is 13.2 Å². The van der Waals surface area contributed by atoms with Gasteiger partial charge in [0.1, 0.15) is 18.0 Å². The number of halogens is 6. The van der Waals surface area contributed by atoms with Crippen molar-refractivity contribution in [2.45, 2.75) is 56.9 Å². The third-order valence-electron chi connectivity index (χ3n) is 5.09. The molecule has 16 heteroatoms. The van der Waals surface area contributed by atoms with E-state index in [-0.39, 0.29) is 12.2 Å². The average molecular weight is 543 g/mol. The number of carboxylic acid groups (broad SMARTS) is 2. The zero-order valence-electron chi connectivity index (χ0n) is 19.2. The lowest BCUT2D eigenvalue weighted by atomic mass is 10.1. The molecule has 37 heavy (non-hydrogen) atoms. The van der Waals surface area contributed by atoms with Crippen molar-refractivity contribution < 1.29 is 60.1 Å². The van der Waals surface area contributed by atoms with Crippen LogP contribution in [-0.2, 0) is 20.9 Å². The molecule has 1 aliphatic heterocycles. The minimum atomic E-state index is -5.08. The van der Waals surface area contributed by atoms with E-state index in [9.17, 15) is 26.3 Å². The van der Waals surface area contributed by atoms with Crippen LogP contribution in [-0.4, -0.2) is 80.9 Å². The van der Waals surface area contributed by atoms with Crippen LogP contribution in [0, 0.1) is 6.92 Å². The highest BCUT2D eigenvalue weighted by Gasteiger charge is 2.44. The van der Waals surface area contributed by atoms with Crippen molar-refractivity contribution in [3.8, 4) is 5.88 Å². The van der Waals surface area contributed by atoms with Crippen molar-refractivity contribution in [1.29, 1.82) is 0 Å². The Bertz CT molecular complexity index is 992. The van der Waals surface area contributed by atoms with Crippen LogP contribution in [0.2, 0.25) is 0 Å². The van der Waals surface area contributed by atoms with Crippen molar-refractivity contribution in [3.63, 3.8) is 0 Å². The van der Waals surface area contributed by atoms with Crippen LogP contribution in [0.1, 0.15) is 24.3 Å². The molecule has 10 nitrogen and oxygen atoms in total. The number of hydrogen-bond donors (Lipinski definition) is 2. The lowest BCUT2D eigenvalue weighted by molar-refractivity contribution is -0.193. The molecule has 4 rings (SSSR count). The number of carboxylic acids is 2. The summed E-state index contributed by atoms with van der Waals surface area (Å²) in [6.07, 6.45) is -6.20. The van der Waals surface area contributed by atoms with Gasteiger partial charge in [-0.05, 0) is 25.8 Å². The van der Waals surface area contributed by atoms with Gasteiger partial charge in [0, 0.05) is 37.5 Å². The number of morpholine rings is 1. The van der Waals surface area contributed by atoms with Gasteiger partial charge >= 0.3 is 24.3 Å². The van der Waals surface area contributed by atoms with Crippen molar-refractivity contribution in [2.24, 2.45) is 0 Å². The number of aryl methyl sites for hydroxylation is 1. The molecule has 0 spiro atoms. The quantitative estimate of drug-likeness (QED) is 0.552.